The van der Waals surface area contributed by atoms with E-state index in [1.54, 1.807) is 12.4 Å². The Morgan fingerprint density at radius 1 is 1.08 bits per heavy atom. The van der Waals surface area contributed by atoms with Crippen LogP contribution in [0.1, 0.15) is 12.0 Å². The van der Waals surface area contributed by atoms with Crippen molar-refractivity contribution in [2.45, 2.75) is 12.0 Å². The van der Waals surface area contributed by atoms with Crippen molar-refractivity contribution < 1.29 is 4.79 Å². The average molecular weight is 316 g/mol. The highest BCUT2D eigenvalue weighted by Crippen LogP contribution is 2.36. The third kappa shape index (κ3) is 2.31. The van der Waals surface area contributed by atoms with Crippen molar-refractivity contribution >= 4 is 6.29 Å². The van der Waals surface area contributed by atoms with Gasteiger partial charge in [-0.1, -0.05) is 30.4 Å². The van der Waals surface area contributed by atoms with Crippen molar-refractivity contribution in [2.75, 3.05) is 0 Å². The van der Waals surface area contributed by atoms with Gasteiger partial charge in [0.2, 0.25) is 0 Å². The molecule has 0 bridgehead atoms. The highest BCUT2D eigenvalue weighted by molar-refractivity contribution is 5.75. The van der Waals surface area contributed by atoms with Gasteiger partial charge in [-0.3, -0.25) is 9.48 Å². The number of benzene rings is 1. The van der Waals surface area contributed by atoms with Crippen LogP contribution in [0, 0.1) is 0 Å². The third-order valence-electron chi connectivity index (χ3n) is 4.34. The fraction of sp³-hybridized carbons (Fsp3) is 0.105. The van der Waals surface area contributed by atoms with Crippen molar-refractivity contribution in [3.63, 3.8) is 0 Å². The largest absolute Gasteiger partial charge is 0.298 e. The van der Waals surface area contributed by atoms with Gasteiger partial charge in [0.25, 0.3) is 0 Å². The number of hydrogen-bond acceptors (Lipinski definition) is 3. The van der Waals surface area contributed by atoms with Crippen LogP contribution in [0.3, 0.4) is 0 Å². The molecule has 2 aromatic heterocycles. The standard InChI is InChI=1S/C19H16N4O/c24-15-16-5-2-8-19(14-16,23-12-4-10-21-23)17-6-1-7-18(13-17)22-11-3-9-20-22/h1-13,15H,14H2. The Hall–Kier alpha value is -3.21. The lowest BCUT2D eigenvalue weighted by Crippen LogP contribution is -2.35. The molecule has 1 aliphatic rings. The first-order chi connectivity index (χ1) is 11.8. The molecular formula is C19H16N4O. The number of allylic oxidation sites excluding steroid dienone is 4. The zero-order valence-corrected chi connectivity index (χ0v) is 13.0. The monoisotopic (exact) mass is 316 g/mol. The Balaban J connectivity index is 1.87. The van der Waals surface area contributed by atoms with Gasteiger partial charge < -0.3 is 0 Å². The van der Waals surface area contributed by atoms with Gasteiger partial charge in [-0.25, -0.2) is 4.68 Å². The maximum atomic E-state index is 11.4. The normalized spacial score (nSPS) is 19.9. The Morgan fingerprint density at radius 2 is 1.96 bits per heavy atom. The summed E-state index contributed by atoms with van der Waals surface area (Å²) in [5.74, 6) is 0. The number of hydrogen-bond donors (Lipinski definition) is 0. The van der Waals surface area contributed by atoms with Crippen molar-refractivity contribution in [3.05, 3.63) is 90.6 Å². The molecule has 4 rings (SSSR count). The zero-order valence-electron chi connectivity index (χ0n) is 13.0. The second-order valence-electron chi connectivity index (χ2n) is 5.77. The number of nitrogens with zero attached hydrogens (tertiary/aromatic N) is 4. The summed E-state index contributed by atoms with van der Waals surface area (Å²) in [6, 6.07) is 12.0. The molecule has 5 nitrogen and oxygen atoms in total. The number of carbonyl (C=O) groups is 1. The molecule has 0 amide bonds. The number of aromatic nitrogens is 4. The molecule has 0 radical (unpaired) electrons. The van der Waals surface area contributed by atoms with Crippen LogP contribution in [0.4, 0.5) is 0 Å². The second-order valence-corrected chi connectivity index (χ2v) is 5.77. The quantitative estimate of drug-likeness (QED) is 0.696. The summed E-state index contributed by atoms with van der Waals surface area (Å²) in [5, 5.41) is 8.75. The predicted octanol–water partition coefficient (Wildman–Crippen LogP) is 2.90. The lowest BCUT2D eigenvalue weighted by molar-refractivity contribution is -0.105. The van der Waals surface area contributed by atoms with E-state index in [1.165, 1.54) is 0 Å². The molecule has 0 aliphatic heterocycles. The van der Waals surface area contributed by atoms with Crippen molar-refractivity contribution in [3.8, 4) is 5.69 Å². The van der Waals surface area contributed by atoms with Crippen molar-refractivity contribution in [1.29, 1.82) is 0 Å². The summed E-state index contributed by atoms with van der Waals surface area (Å²) in [5.41, 5.74) is 2.26. The van der Waals surface area contributed by atoms with Gasteiger partial charge in [-0.05, 0) is 35.4 Å². The zero-order chi connectivity index (χ0) is 16.4. The minimum Gasteiger partial charge on any atom is -0.298 e. The van der Waals surface area contributed by atoms with Crippen LogP contribution in [0.2, 0.25) is 0 Å². The highest BCUT2D eigenvalue weighted by atomic mass is 16.1. The molecule has 3 aromatic rings. The second kappa shape index (κ2) is 5.77. The van der Waals surface area contributed by atoms with E-state index in [0.29, 0.717) is 6.42 Å². The van der Waals surface area contributed by atoms with Gasteiger partial charge in [0, 0.05) is 31.2 Å². The summed E-state index contributed by atoms with van der Waals surface area (Å²) in [6.45, 7) is 0. The molecule has 0 saturated carbocycles. The van der Waals surface area contributed by atoms with Crippen LogP contribution in [-0.4, -0.2) is 25.8 Å². The van der Waals surface area contributed by atoms with E-state index in [4.69, 9.17) is 0 Å². The minimum atomic E-state index is -0.516. The summed E-state index contributed by atoms with van der Waals surface area (Å²) < 4.78 is 3.73. The van der Waals surface area contributed by atoms with E-state index in [2.05, 4.69) is 28.4 Å². The number of rotatable bonds is 4. The Kier molecular flexibility index (Phi) is 3.46. The van der Waals surface area contributed by atoms with E-state index in [9.17, 15) is 4.79 Å². The SMILES string of the molecule is O=CC1=CC=CC(c2cccc(-n3cccn3)c2)(n2cccn2)C1. The fourth-order valence-electron chi connectivity index (χ4n) is 3.17. The fourth-order valence-corrected chi connectivity index (χ4v) is 3.17. The topological polar surface area (TPSA) is 52.7 Å². The van der Waals surface area contributed by atoms with Gasteiger partial charge in [0.1, 0.15) is 11.8 Å². The molecule has 2 heterocycles. The molecule has 1 atom stereocenters. The average Bonchev–Trinajstić information content (AvgIpc) is 3.35. The van der Waals surface area contributed by atoms with E-state index in [0.717, 1.165) is 23.1 Å². The maximum absolute atomic E-state index is 11.4. The van der Waals surface area contributed by atoms with E-state index < -0.39 is 5.54 Å². The molecule has 0 fully saturated rings. The molecule has 5 heteroatoms. The van der Waals surface area contributed by atoms with Crippen LogP contribution in [0.25, 0.3) is 5.69 Å². The Labute approximate surface area is 139 Å². The predicted molar refractivity (Wildman–Crippen MR) is 90.8 cm³/mol. The molecule has 24 heavy (non-hydrogen) atoms. The molecule has 118 valence electrons. The minimum absolute atomic E-state index is 0.516. The van der Waals surface area contributed by atoms with Crippen LogP contribution in [0.15, 0.2) is 85.0 Å². The molecule has 0 N–H and O–H groups in total. The first-order valence-corrected chi connectivity index (χ1v) is 7.76. The lowest BCUT2D eigenvalue weighted by Gasteiger charge is -2.34. The van der Waals surface area contributed by atoms with Crippen LogP contribution in [0.5, 0.6) is 0 Å². The van der Waals surface area contributed by atoms with Crippen molar-refractivity contribution in [1.82, 2.24) is 19.6 Å². The Morgan fingerprint density at radius 3 is 2.71 bits per heavy atom. The number of aldehydes is 1. The summed E-state index contributed by atoms with van der Waals surface area (Å²) in [6.07, 6.45) is 14.7. The van der Waals surface area contributed by atoms with Gasteiger partial charge in [0.15, 0.2) is 0 Å². The van der Waals surface area contributed by atoms with Gasteiger partial charge in [0.05, 0.1) is 5.69 Å². The van der Waals surface area contributed by atoms with E-state index in [-0.39, 0.29) is 0 Å². The summed E-state index contributed by atoms with van der Waals surface area (Å²) in [7, 11) is 0. The van der Waals surface area contributed by atoms with Crippen molar-refractivity contribution in [2.24, 2.45) is 0 Å². The first-order valence-electron chi connectivity index (χ1n) is 7.76. The molecule has 0 spiro atoms. The van der Waals surface area contributed by atoms with E-state index in [1.807, 2.05) is 58.2 Å². The molecule has 1 aromatic carbocycles. The van der Waals surface area contributed by atoms with Gasteiger partial charge >= 0.3 is 0 Å². The Bertz CT molecular complexity index is 907. The smallest absolute Gasteiger partial charge is 0.146 e. The molecule has 1 unspecified atom stereocenters. The summed E-state index contributed by atoms with van der Waals surface area (Å²) in [4.78, 5) is 11.4. The molecule has 0 saturated heterocycles. The number of carbonyl (C=O) groups excluding carboxylic acids is 1. The van der Waals surface area contributed by atoms with Gasteiger partial charge in [-0.15, -0.1) is 0 Å². The first kappa shape index (κ1) is 14.4. The highest BCUT2D eigenvalue weighted by Gasteiger charge is 2.34. The van der Waals surface area contributed by atoms with Gasteiger partial charge in [-0.2, -0.15) is 10.2 Å². The molecular weight excluding hydrogens is 300 g/mol. The van der Waals surface area contributed by atoms with Crippen LogP contribution < -0.4 is 0 Å². The van der Waals surface area contributed by atoms with E-state index >= 15 is 0 Å². The maximum Gasteiger partial charge on any atom is 0.146 e. The summed E-state index contributed by atoms with van der Waals surface area (Å²) >= 11 is 0. The molecule has 1 aliphatic carbocycles. The lowest BCUT2D eigenvalue weighted by atomic mass is 9.80. The van der Waals surface area contributed by atoms with Crippen LogP contribution >= 0.6 is 0 Å². The van der Waals surface area contributed by atoms with Crippen LogP contribution in [-0.2, 0) is 10.3 Å². The third-order valence-corrected chi connectivity index (χ3v) is 4.34.